The number of aryl methyl sites for hydroxylation is 1. The van der Waals surface area contributed by atoms with Crippen LogP contribution in [-0.2, 0) is 6.42 Å². The number of nitro groups is 1. The summed E-state index contributed by atoms with van der Waals surface area (Å²) in [6.45, 7) is 4.87. The third-order valence-corrected chi connectivity index (χ3v) is 3.24. The van der Waals surface area contributed by atoms with Gasteiger partial charge in [-0.3, -0.25) is 10.1 Å². The van der Waals surface area contributed by atoms with Crippen LogP contribution in [-0.4, -0.2) is 23.6 Å². The van der Waals surface area contributed by atoms with E-state index in [9.17, 15) is 10.1 Å². The Labute approximate surface area is 123 Å². The zero-order valence-corrected chi connectivity index (χ0v) is 12.5. The Hall–Kier alpha value is -2.37. The van der Waals surface area contributed by atoms with Crippen molar-refractivity contribution in [1.29, 1.82) is 0 Å². The molecule has 1 heterocycles. The van der Waals surface area contributed by atoms with Crippen molar-refractivity contribution in [2.45, 2.75) is 26.7 Å². The fraction of sp³-hybridized carbons (Fsp3) is 0.400. The van der Waals surface area contributed by atoms with Crippen LogP contribution in [0.5, 0.6) is 5.75 Å². The van der Waals surface area contributed by atoms with E-state index in [1.165, 1.54) is 13.2 Å². The monoisotopic (exact) mass is 289 g/mol. The molecule has 1 N–H and O–H groups in total. The normalized spacial score (nSPS) is 10.6. The number of anilines is 1. The molecule has 0 radical (unpaired) electrons. The quantitative estimate of drug-likeness (QED) is 0.650. The largest absolute Gasteiger partial charge is 0.494 e. The molecular weight excluding hydrogens is 270 g/mol. The minimum atomic E-state index is -0.417. The molecule has 2 rings (SSSR count). The molecule has 21 heavy (non-hydrogen) atoms. The molecule has 0 amide bonds. The molecule has 0 spiro atoms. The number of pyridine rings is 1. The van der Waals surface area contributed by atoms with Gasteiger partial charge in [0, 0.05) is 18.0 Å². The van der Waals surface area contributed by atoms with Gasteiger partial charge in [0.25, 0.3) is 5.69 Å². The van der Waals surface area contributed by atoms with Crippen LogP contribution in [0.25, 0.3) is 10.9 Å². The van der Waals surface area contributed by atoms with Crippen molar-refractivity contribution in [3.05, 3.63) is 33.9 Å². The van der Waals surface area contributed by atoms with Crippen LogP contribution < -0.4 is 10.1 Å². The molecule has 1 aromatic heterocycles. The van der Waals surface area contributed by atoms with E-state index in [4.69, 9.17) is 4.74 Å². The molecule has 2 aromatic rings. The van der Waals surface area contributed by atoms with Gasteiger partial charge in [0.15, 0.2) is 5.75 Å². The van der Waals surface area contributed by atoms with Gasteiger partial charge in [0.05, 0.1) is 18.1 Å². The van der Waals surface area contributed by atoms with Crippen molar-refractivity contribution >= 4 is 22.4 Å². The van der Waals surface area contributed by atoms with E-state index in [0.717, 1.165) is 36.2 Å². The van der Waals surface area contributed by atoms with Crippen LogP contribution in [0.2, 0.25) is 0 Å². The van der Waals surface area contributed by atoms with Crippen LogP contribution in [0.3, 0.4) is 0 Å². The lowest BCUT2D eigenvalue weighted by Gasteiger charge is -2.12. The maximum Gasteiger partial charge on any atom is 0.273 e. The Balaban J connectivity index is 2.70. The maximum atomic E-state index is 11.0. The molecule has 0 bridgehead atoms. The van der Waals surface area contributed by atoms with Gasteiger partial charge in [0.1, 0.15) is 11.3 Å². The summed E-state index contributed by atoms with van der Waals surface area (Å²) in [4.78, 5) is 15.2. The molecule has 0 fully saturated rings. The van der Waals surface area contributed by atoms with Gasteiger partial charge in [-0.05, 0) is 25.0 Å². The van der Waals surface area contributed by atoms with Gasteiger partial charge in [0.2, 0.25) is 0 Å². The van der Waals surface area contributed by atoms with Crippen molar-refractivity contribution in [3.63, 3.8) is 0 Å². The van der Waals surface area contributed by atoms with Crippen LogP contribution in [0.1, 0.15) is 25.8 Å². The second kappa shape index (κ2) is 6.39. The van der Waals surface area contributed by atoms with Crippen molar-refractivity contribution in [2.75, 3.05) is 19.0 Å². The summed E-state index contributed by atoms with van der Waals surface area (Å²) in [5.74, 6) is 1.24. The average Bonchev–Trinajstić information content (AvgIpc) is 2.47. The van der Waals surface area contributed by atoms with Crippen LogP contribution in [0.15, 0.2) is 18.2 Å². The first-order chi connectivity index (χ1) is 10.1. The molecule has 0 aliphatic carbocycles. The van der Waals surface area contributed by atoms with Crippen molar-refractivity contribution in [3.8, 4) is 5.75 Å². The SMILES string of the molecule is CCCc1cc2cc([N+](=O)[O-])cc(OC)c2nc1NCC. The summed E-state index contributed by atoms with van der Waals surface area (Å²) in [5.41, 5.74) is 1.72. The van der Waals surface area contributed by atoms with Crippen LogP contribution in [0.4, 0.5) is 11.5 Å². The van der Waals surface area contributed by atoms with E-state index in [2.05, 4.69) is 17.2 Å². The van der Waals surface area contributed by atoms with E-state index < -0.39 is 4.92 Å². The zero-order valence-electron chi connectivity index (χ0n) is 12.5. The number of non-ortho nitro benzene ring substituents is 1. The van der Waals surface area contributed by atoms with Gasteiger partial charge < -0.3 is 10.1 Å². The number of fused-ring (bicyclic) bond motifs is 1. The third-order valence-electron chi connectivity index (χ3n) is 3.24. The minimum absolute atomic E-state index is 0.0137. The summed E-state index contributed by atoms with van der Waals surface area (Å²) >= 11 is 0. The van der Waals surface area contributed by atoms with Crippen molar-refractivity contribution < 1.29 is 9.66 Å². The van der Waals surface area contributed by atoms with E-state index in [-0.39, 0.29) is 5.69 Å². The number of hydrogen-bond donors (Lipinski definition) is 1. The first kappa shape index (κ1) is 15.0. The van der Waals surface area contributed by atoms with E-state index >= 15 is 0 Å². The Morgan fingerprint density at radius 2 is 2.10 bits per heavy atom. The number of ether oxygens (including phenoxy) is 1. The predicted molar refractivity (Wildman–Crippen MR) is 83.1 cm³/mol. The summed E-state index contributed by atoms with van der Waals surface area (Å²) in [6.07, 6.45) is 1.86. The summed E-state index contributed by atoms with van der Waals surface area (Å²) in [6, 6.07) is 4.91. The predicted octanol–water partition coefficient (Wildman–Crippen LogP) is 3.54. The second-order valence-electron chi connectivity index (χ2n) is 4.75. The van der Waals surface area contributed by atoms with Gasteiger partial charge in [-0.25, -0.2) is 4.98 Å². The number of aromatic nitrogens is 1. The Kier molecular flexibility index (Phi) is 4.57. The molecule has 0 aliphatic heterocycles. The highest BCUT2D eigenvalue weighted by Crippen LogP contribution is 2.32. The Bertz CT molecular complexity index is 671. The second-order valence-corrected chi connectivity index (χ2v) is 4.75. The summed E-state index contributed by atoms with van der Waals surface area (Å²) < 4.78 is 5.26. The lowest BCUT2D eigenvalue weighted by molar-refractivity contribution is -0.384. The third kappa shape index (κ3) is 3.04. The van der Waals surface area contributed by atoms with Gasteiger partial charge in [-0.2, -0.15) is 0 Å². The standard InChI is InChI=1S/C15H19N3O3/c1-4-6-10-7-11-8-12(18(19)20)9-13(21-3)14(11)17-15(10)16-5-2/h7-9H,4-6H2,1-3H3,(H,16,17). The van der Waals surface area contributed by atoms with Gasteiger partial charge >= 0.3 is 0 Å². The Morgan fingerprint density at radius 3 is 2.67 bits per heavy atom. The topological polar surface area (TPSA) is 77.3 Å². The number of methoxy groups -OCH3 is 1. The highest BCUT2D eigenvalue weighted by atomic mass is 16.6. The highest BCUT2D eigenvalue weighted by Gasteiger charge is 2.15. The number of rotatable bonds is 6. The fourth-order valence-electron chi connectivity index (χ4n) is 2.33. The molecule has 1 aromatic carbocycles. The molecule has 0 aliphatic rings. The molecule has 0 atom stereocenters. The summed E-state index contributed by atoms with van der Waals surface area (Å²) in [7, 11) is 1.49. The molecular formula is C15H19N3O3. The lowest BCUT2D eigenvalue weighted by Crippen LogP contribution is -2.04. The van der Waals surface area contributed by atoms with Gasteiger partial charge in [-0.15, -0.1) is 0 Å². The van der Waals surface area contributed by atoms with Crippen molar-refractivity contribution in [2.24, 2.45) is 0 Å². The van der Waals surface area contributed by atoms with E-state index in [1.807, 2.05) is 13.0 Å². The smallest absolute Gasteiger partial charge is 0.273 e. The molecule has 112 valence electrons. The number of nitrogens with one attached hydrogen (secondary N) is 1. The van der Waals surface area contributed by atoms with Crippen LogP contribution >= 0.6 is 0 Å². The number of nitrogens with zero attached hydrogens (tertiary/aromatic N) is 2. The minimum Gasteiger partial charge on any atom is -0.494 e. The highest BCUT2D eigenvalue weighted by molar-refractivity contribution is 5.89. The summed E-state index contributed by atoms with van der Waals surface area (Å²) in [5, 5.41) is 15.0. The van der Waals surface area contributed by atoms with E-state index in [0.29, 0.717) is 11.3 Å². The van der Waals surface area contributed by atoms with Crippen molar-refractivity contribution in [1.82, 2.24) is 4.98 Å². The first-order valence-corrected chi connectivity index (χ1v) is 7.00. The molecule has 6 nitrogen and oxygen atoms in total. The fourth-order valence-corrected chi connectivity index (χ4v) is 2.33. The number of nitro benzene ring substituents is 1. The Morgan fingerprint density at radius 1 is 1.33 bits per heavy atom. The molecule has 6 heteroatoms. The molecule has 0 saturated heterocycles. The molecule has 0 unspecified atom stereocenters. The molecule has 0 saturated carbocycles. The first-order valence-electron chi connectivity index (χ1n) is 7.00. The number of benzene rings is 1. The maximum absolute atomic E-state index is 11.0. The van der Waals surface area contributed by atoms with Crippen LogP contribution in [0, 0.1) is 10.1 Å². The van der Waals surface area contributed by atoms with Gasteiger partial charge in [-0.1, -0.05) is 13.3 Å². The number of hydrogen-bond acceptors (Lipinski definition) is 5. The lowest BCUT2D eigenvalue weighted by atomic mass is 10.1. The van der Waals surface area contributed by atoms with E-state index in [1.54, 1.807) is 6.07 Å². The zero-order chi connectivity index (χ0) is 15.4. The average molecular weight is 289 g/mol.